The van der Waals surface area contributed by atoms with Crippen LogP contribution in [-0.2, 0) is 11.2 Å². The maximum absolute atomic E-state index is 13.6. The first-order valence-electron chi connectivity index (χ1n) is 10.9. The van der Waals surface area contributed by atoms with E-state index in [1.54, 1.807) is 12.1 Å². The highest BCUT2D eigenvalue weighted by molar-refractivity contribution is 6.10. The maximum atomic E-state index is 13.6. The molecule has 34 heavy (non-hydrogen) atoms. The number of H-pyrrole nitrogens is 1. The molecule has 170 valence electrons. The molecule has 1 aromatic heterocycles. The molecule has 3 aromatic carbocycles. The molecule has 7 nitrogen and oxygen atoms in total. The summed E-state index contributed by atoms with van der Waals surface area (Å²) in [4.78, 5) is 38.0. The largest absolute Gasteiger partial charge is 0.326 e. The number of hydrogen-bond acceptors (Lipinski definition) is 4. The van der Waals surface area contributed by atoms with E-state index in [2.05, 4.69) is 20.8 Å². The molecular weight excluding hydrogens is 428 g/mol. The van der Waals surface area contributed by atoms with Crippen LogP contribution < -0.4 is 16.2 Å². The lowest BCUT2D eigenvalue weighted by atomic mass is 9.95. The number of aromatic nitrogens is 2. The zero-order valence-corrected chi connectivity index (χ0v) is 18.9. The molecule has 0 aliphatic rings. The fourth-order valence-corrected chi connectivity index (χ4v) is 3.82. The summed E-state index contributed by atoms with van der Waals surface area (Å²) in [6.45, 7) is 3.38. The topological polar surface area (TPSA) is 104 Å². The number of benzene rings is 3. The van der Waals surface area contributed by atoms with Crippen molar-refractivity contribution in [2.75, 3.05) is 10.6 Å². The zero-order valence-electron chi connectivity index (χ0n) is 18.9. The van der Waals surface area contributed by atoms with Gasteiger partial charge in [0, 0.05) is 29.4 Å². The Kier molecular flexibility index (Phi) is 6.64. The molecule has 0 aliphatic heterocycles. The van der Waals surface area contributed by atoms with E-state index in [4.69, 9.17) is 0 Å². The third-order valence-corrected chi connectivity index (χ3v) is 5.38. The molecule has 0 aliphatic carbocycles. The minimum absolute atomic E-state index is 0.0352. The van der Waals surface area contributed by atoms with E-state index < -0.39 is 11.5 Å². The van der Waals surface area contributed by atoms with Gasteiger partial charge in [0.25, 0.3) is 11.5 Å². The molecule has 0 fully saturated rings. The summed E-state index contributed by atoms with van der Waals surface area (Å²) >= 11 is 0. The fourth-order valence-electron chi connectivity index (χ4n) is 3.82. The fraction of sp³-hybridized carbons (Fsp3) is 0.111. The lowest BCUT2D eigenvalue weighted by Crippen LogP contribution is -2.26. The number of rotatable bonds is 6. The van der Waals surface area contributed by atoms with Gasteiger partial charge < -0.3 is 10.6 Å². The third-order valence-electron chi connectivity index (χ3n) is 5.38. The van der Waals surface area contributed by atoms with Gasteiger partial charge in [0.1, 0.15) is 5.56 Å². The van der Waals surface area contributed by atoms with Gasteiger partial charge in [-0.25, -0.2) is 5.10 Å². The van der Waals surface area contributed by atoms with E-state index in [-0.39, 0.29) is 11.5 Å². The second-order valence-electron chi connectivity index (χ2n) is 7.74. The van der Waals surface area contributed by atoms with Gasteiger partial charge in [-0.1, -0.05) is 73.7 Å². The van der Waals surface area contributed by atoms with E-state index in [9.17, 15) is 14.4 Å². The summed E-state index contributed by atoms with van der Waals surface area (Å²) in [5.41, 5.74) is 3.74. The SMILES string of the molecule is CCc1ccc(NC(C)=O)cc1NC(=O)c1c(-c2ccccc2)c(-c2ccccc2)n[nH]c1=O. The van der Waals surface area contributed by atoms with E-state index in [1.807, 2.05) is 73.7 Å². The summed E-state index contributed by atoms with van der Waals surface area (Å²) in [7, 11) is 0. The Labute approximate surface area is 196 Å². The molecule has 0 saturated heterocycles. The molecular formula is C27H24N4O3. The van der Waals surface area contributed by atoms with Crippen LogP contribution >= 0.6 is 0 Å². The molecule has 4 rings (SSSR count). The van der Waals surface area contributed by atoms with Gasteiger partial charge in [-0.3, -0.25) is 14.4 Å². The molecule has 0 atom stereocenters. The van der Waals surface area contributed by atoms with Gasteiger partial charge in [0.05, 0.1) is 5.69 Å². The molecule has 2 amide bonds. The highest BCUT2D eigenvalue weighted by Crippen LogP contribution is 2.32. The van der Waals surface area contributed by atoms with Crippen molar-refractivity contribution in [2.24, 2.45) is 0 Å². The van der Waals surface area contributed by atoms with Gasteiger partial charge in [-0.2, -0.15) is 5.10 Å². The highest BCUT2D eigenvalue weighted by atomic mass is 16.2. The predicted octanol–water partition coefficient (Wildman–Crippen LogP) is 4.88. The Morgan fingerprint density at radius 3 is 2.15 bits per heavy atom. The second-order valence-corrected chi connectivity index (χ2v) is 7.74. The first-order chi connectivity index (χ1) is 16.5. The zero-order chi connectivity index (χ0) is 24.1. The van der Waals surface area contributed by atoms with Crippen molar-refractivity contribution >= 4 is 23.2 Å². The average molecular weight is 453 g/mol. The summed E-state index contributed by atoms with van der Waals surface area (Å²) in [6, 6.07) is 23.9. The Hall–Kier alpha value is -4.52. The summed E-state index contributed by atoms with van der Waals surface area (Å²) < 4.78 is 0. The molecule has 4 aromatic rings. The van der Waals surface area contributed by atoms with Gasteiger partial charge in [0.2, 0.25) is 5.91 Å². The molecule has 7 heteroatoms. The van der Waals surface area contributed by atoms with Crippen LogP contribution in [0.5, 0.6) is 0 Å². The number of anilines is 2. The van der Waals surface area contributed by atoms with Crippen LogP contribution in [0, 0.1) is 0 Å². The molecule has 0 spiro atoms. The second kappa shape index (κ2) is 9.95. The summed E-state index contributed by atoms with van der Waals surface area (Å²) in [5.74, 6) is -0.777. The first-order valence-corrected chi connectivity index (χ1v) is 10.9. The Bertz CT molecular complexity index is 1400. The molecule has 0 bridgehead atoms. The number of aromatic amines is 1. The number of amides is 2. The van der Waals surface area contributed by atoms with Crippen molar-refractivity contribution < 1.29 is 9.59 Å². The maximum Gasteiger partial charge on any atom is 0.277 e. The Morgan fingerprint density at radius 1 is 0.882 bits per heavy atom. The van der Waals surface area contributed by atoms with Crippen LogP contribution in [0.2, 0.25) is 0 Å². The number of nitrogens with zero attached hydrogens (tertiary/aromatic N) is 1. The van der Waals surface area contributed by atoms with Crippen LogP contribution in [0.3, 0.4) is 0 Å². The van der Waals surface area contributed by atoms with Crippen molar-refractivity contribution in [3.05, 3.63) is 100 Å². The van der Waals surface area contributed by atoms with E-state index >= 15 is 0 Å². The van der Waals surface area contributed by atoms with E-state index in [1.165, 1.54) is 6.92 Å². The van der Waals surface area contributed by atoms with Crippen molar-refractivity contribution in [3.63, 3.8) is 0 Å². The quantitative estimate of drug-likeness (QED) is 0.388. The van der Waals surface area contributed by atoms with Gasteiger partial charge in [0.15, 0.2) is 0 Å². The van der Waals surface area contributed by atoms with E-state index in [0.717, 1.165) is 11.1 Å². The normalized spacial score (nSPS) is 10.5. The Balaban J connectivity index is 1.86. The highest BCUT2D eigenvalue weighted by Gasteiger charge is 2.23. The third kappa shape index (κ3) is 4.78. The number of hydrogen-bond donors (Lipinski definition) is 3. The lowest BCUT2D eigenvalue weighted by molar-refractivity contribution is -0.114. The van der Waals surface area contributed by atoms with Crippen molar-refractivity contribution in [1.82, 2.24) is 10.2 Å². The number of carbonyl (C=O) groups excluding carboxylic acids is 2. The average Bonchev–Trinajstić information content (AvgIpc) is 2.84. The van der Waals surface area contributed by atoms with Crippen LogP contribution in [0.25, 0.3) is 22.4 Å². The number of carbonyl (C=O) groups is 2. The van der Waals surface area contributed by atoms with Crippen LogP contribution in [0.4, 0.5) is 11.4 Å². The van der Waals surface area contributed by atoms with E-state index in [0.29, 0.717) is 34.6 Å². The smallest absolute Gasteiger partial charge is 0.277 e. The molecule has 0 saturated carbocycles. The monoisotopic (exact) mass is 452 g/mol. The molecule has 0 unspecified atom stereocenters. The van der Waals surface area contributed by atoms with Gasteiger partial charge >= 0.3 is 0 Å². The predicted molar refractivity (Wildman–Crippen MR) is 134 cm³/mol. The number of aryl methyl sites for hydroxylation is 1. The lowest BCUT2D eigenvalue weighted by Gasteiger charge is -2.16. The summed E-state index contributed by atoms with van der Waals surface area (Å²) in [5, 5.41) is 12.4. The van der Waals surface area contributed by atoms with Crippen LogP contribution in [0.1, 0.15) is 29.8 Å². The minimum atomic E-state index is -0.591. The Morgan fingerprint density at radius 2 is 1.53 bits per heavy atom. The van der Waals surface area contributed by atoms with Crippen molar-refractivity contribution in [3.8, 4) is 22.4 Å². The summed E-state index contributed by atoms with van der Waals surface area (Å²) in [6.07, 6.45) is 0.656. The standard InChI is InChI=1S/C27H24N4O3/c1-3-18-14-15-21(28-17(2)32)16-22(18)29-26(33)24-23(19-10-6-4-7-11-19)25(30-31-27(24)34)20-12-8-5-9-13-20/h4-16H,3H2,1-2H3,(H,28,32)(H,29,33)(H,31,34). The van der Waals surface area contributed by atoms with Crippen molar-refractivity contribution in [2.45, 2.75) is 20.3 Å². The molecule has 3 N–H and O–H groups in total. The molecule has 0 radical (unpaired) electrons. The van der Waals surface area contributed by atoms with Crippen molar-refractivity contribution in [1.29, 1.82) is 0 Å². The van der Waals surface area contributed by atoms with Gasteiger partial charge in [-0.15, -0.1) is 0 Å². The molecule has 1 heterocycles. The minimum Gasteiger partial charge on any atom is -0.326 e. The first kappa shape index (κ1) is 22.7. The number of nitrogens with one attached hydrogen (secondary N) is 3. The van der Waals surface area contributed by atoms with Crippen LogP contribution in [-0.4, -0.2) is 22.0 Å². The van der Waals surface area contributed by atoms with Gasteiger partial charge in [-0.05, 0) is 29.7 Å². The van der Waals surface area contributed by atoms with Crippen LogP contribution in [0.15, 0.2) is 83.7 Å².